The second kappa shape index (κ2) is 3.78. The summed E-state index contributed by atoms with van der Waals surface area (Å²) in [4.78, 5) is 3.99. The quantitative estimate of drug-likeness (QED) is 0.744. The number of nitrogens with zero attached hydrogens (tertiary/aromatic N) is 1. The molecule has 3 nitrogen and oxygen atoms in total. The molecule has 0 aliphatic heterocycles. The predicted molar refractivity (Wildman–Crippen MR) is 47.3 cm³/mol. The number of alkyl halides is 1. The van der Waals surface area contributed by atoms with Crippen LogP contribution in [0.1, 0.15) is 12.6 Å². The SMILES string of the molecule is CCOc1sc(N)nc1CCl. The first-order valence-electron chi connectivity index (χ1n) is 3.21. The van der Waals surface area contributed by atoms with Gasteiger partial charge in [0, 0.05) is 0 Å². The average molecular weight is 193 g/mol. The van der Waals surface area contributed by atoms with E-state index in [1.807, 2.05) is 6.92 Å². The fraction of sp³-hybridized carbons (Fsp3) is 0.500. The summed E-state index contributed by atoms with van der Waals surface area (Å²) < 4.78 is 5.24. The summed E-state index contributed by atoms with van der Waals surface area (Å²) in [6.45, 7) is 2.53. The van der Waals surface area contributed by atoms with Gasteiger partial charge in [-0.3, -0.25) is 0 Å². The topological polar surface area (TPSA) is 48.1 Å². The Morgan fingerprint density at radius 1 is 1.73 bits per heavy atom. The molecular weight excluding hydrogens is 184 g/mol. The van der Waals surface area contributed by atoms with Gasteiger partial charge in [0.25, 0.3) is 0 Å². The number of nitrogen functional groups attached to an aromatic ring is 1. The third-order valence-electron chi connectivity index (χ3n) is 1.08. The molecule has 0 aromatic carbocycles. The highest BCUT2D eigenvalue weighted by Gasteiger charge is 2.08. The van der Waals surface area contributed by atoms with E-state index in [2.05, 4.69) is 4.98 Å². The molecule has 1 aromatic heterocycles. The van der Waals surface area contributed by atoms with Crippen molar-refractivity contribution in [1.82, 2.24) is 4.98 Å². The first kappa shape index (κ1) is 8.62. The maximum Gasteiger partial charge on any atom is 0.200 e. The van der Waals surface area contributed by atoms with E-state index in [4.69, 9.17) is 22.1 Å². The van der Waals surface area contributed by atoms with Gasteiger partial charge < -0.3 is 10.5 Å². The molecule has 0 saturated carbocycles. The van der Waals surface area contributed by atoms with Crippen molar-refractivity contribution >= 4 is 28.1 Å². The van der Waals surface area contributed by atoms with Crippen LogP contribution in [0.4, 0.5) is 5.13 Å². The van der Waals surface area contributed by atoms with E-state index in [1.165, 1.54) is 11.3 Å². The molecule has 5 heteroatoms. The van der Waals surface area contributed by atoms with Crippen LogP contribution in [-0.4, -0.2) is 11.6 Å². The summed E-state index contributed by atoms with van der Waals surface area (Å²) in [5, 5.41) is 1.24. The van der Waals surface area contributed by atoms with Crippen molar-refractivity contribution in [3.8, 4) is 5.06 Å². The molecule has 11 heavy (non-hydrogen) atoms. The number of aromatic nitrogens is 1. The number of halogens is 1. The third-order valence-corrected chi connectivity index (χ3v) is 2.17. The van der Waals surface area contributed by atoms with Crippen LogP contribution in [0, 0.1) is 0 Å². The highest BCUT2D eigenvalue weighted by Crippen LogP contribution is 2.29. The van der Waals surface area contributed by atoms with Gasteiger partial charge in [-0.1, -0.05) is 11.3 Å². The lowest BCUT2D eigenvalue weighted by atomic mass is 10.5. The zero-order chi connectivity index (χ0) is 8.27. The van der Waals surface area contributed by atoms with Gasteiger partial charge in [0.2, 0.25) is 0 Å². The molecule has 1 aromatic rings. The maximum absolute atomic E-state index is 5.59. The molecule has 0 unspecified atom stereocenters. The number of hydrogen-bond donors (Lipinski definition) is 1. The van der Waals surface area contributed by atoms with Crippen LogP contribution >= 0.6 is 22.9 Å². The number of anilines is 1. The monoisotopic (exact) mass is 192 g/mol. The molecule has 0 atom stereocenters. The summed E-state index contributed by atoms with van der Waals surface area (Å²) in [6.07, 6.45) is 0. The smallest absolute Gasteiger partial charge is 0.200 e. The molecular formula is C6H9ClN2OS. The number of thiazole rings is 1. The summed E-state index contributed by atoms with van der Waals surface area (Å²) in [6, 6.07) is 0. The maximum atomic E-state index is 5.59. The average Bonchev–Trinajstić information content (AvgIpc) is 2.32. The van der Waals surface area contributed by atoms with E-state index in [1.54, 1.807) is 0 Å². The number of rotatable bonds is 3. The van der Waals surface area contributed by atoms with Gasteiger partial charge in [0.05, 0.1) is 12.5 Å². The molecule has 0 aliphatic rings. The molecule has 0 radical (unpaired) electrons. The van der Waals surface area contributed by atoms with Crippen LogP contribution in [0.2, 0.25) is 0 Å². The third kappa shape index (κ3) is 1.97. The molecule has 0 saturated heterocycles. The molecule has 0 amide bonds. The highest BCUT2D eigenvalue weighted by molar-refractivity contribution is 7.17. The lowest BCUT2D eigenvalue weighted by Gasteiger charge is -1.97. The molecule has 1 heterocycles. The zero-order valence-electron chi connectivity index (χ0n) is 6.13. The van der Waals surface area contributed by atoms with Gasteiger partial charge >= 0.3 is 0 Å². The minimum absolute atomic E-state index is 0.350. The van der Waals surface area contributed by atoms with Gasteiger partial charge in [-0.25, -0.2) is 4.98 Å². The molecule has 0 aliphatic carbocycles. The Kier molecular flexibility index (Phi) is 2.96. The molecule has 62 valence electrons. The first-order chi connectivity index (χ1) is 5.27. The van der Waals surface area contributed by atoms with E-state index >= 15 is 0 Å². The van der Waals surface area contributed by atoms with Gasteiger partial charge in [0.1, 0.15) is 5.69 Å². The fourth-order valence-electron chi connectivity index (χ4n) is 0.684. The minimum Gasteiger partial charge on any atom is -0.483 e. The van der Waals surface area contributed by atoms with E-state index in [0.717, 1.165) is 10.8 Å². The predicted octanol–water partition coefficient (Wildman–Crippen LogP) is 1.86. The second-order valence-corrected chi connectivity index (χ2v) is 3.11. The van der Waals surface area contributed by atoms with Gasteiger partial charge in [-0.15, -0.1) is 11.6 Å². The van der Waals surface area contributed by atoms with Crippen molar-refractivity contribution < 1.29 is 4.74 Å². The molecule has 1 rings (SSSR count). The normalized spacial score (nSPS) is 10.0. The van der Waals surface area contributed by atoms with Gasteiger partial charge in [0.15, 0.2) is 10.2 Å². The Morgan fingerprint density at radius 3 is 3.00 bits per heavy atom. The van der Waals surface area contributed by atoms with Crippen molar-refractivity contribution in [2.45, 2.75) is 12.8 Å². The Labute approximate surface area is 74.1 Å². The second-order valence-electron chi connectivity index (χ2n) is 1.85. The highest BCUT2D eigenvalue weighted by atomic mass is 35.5. The van der Waals surface area contributed by atoms with Crippen LogP contribution < -0.4 is 10.5 Å². The van der Waals surface area contributed by atoms with Crippen LogP contribution in [0.15, 0.2) is 0 Å². The number of ether oxygens (including phenoxy) is 1. The van der Waals surface area contributed by atoms with Crippen LogP contribution in [0.25, 0.3) is 0 Å². The van der Waals surface area contributed by atoms with Gasteiger partial charge in [-0.2, -0.15) is 0 Å². The molecule has 2 N–H and O–H groups in total. The van der Waals surface area contributed by atoms with Crippen molar-refractivity contribution in [2.24, 2.45) is 0 Å². The van der Waals surface area contributed by atoms with E-state index in [-0.39, 0.29) is 0 Å². The summed E-state index contributed by atoms with van der Waals surface area (Å²) in [7, 11) is 0. The lowest BCUT2D eigenvalue weighted by molar-refractivity contribution is 0.347. The van der Waals surface area contributed by atoms with Gasteiger partial charge in [-0.05, 0) is 6.92 Å². The van der Waals surface area contributed by atoms with Crippen LogP contribution in [-0.2, 0) is 5.88 Å². The largest absolute Gasteiger partial charge is 0.483 e. The van der Waals surface area contributed by atoms with E-state index < -0.39 is 0 Å². The molecule has 0 bridgehead atoms. The molecule has 0 spiro atoms. The molecule has 0 fully saturated rings. The van der Waals surface area contributed by atoms with E-state index in [0.29, 0.717) is 17.6 Å². The summed E-state index contributed by atoms with van der Waals surface area (Å²) >= 11 is 6.91. The summed E-state index contributed by atoms with van der Waals surface area (Å²) in [5.74, 6) is 0.350. The van der Waals surface area contributed by atoms with Crippen molar-refractivity contribution in [3.63, 3.8) is 0 Å². The first-order valence-corrected chi connectivity index (χ1v) is 4.57. The lowest BCUT2D eigenvalue weighted by Crippen LogP contribution is -1.91. The van der Waals surface area contributed by atoms with Crippen LogP contribution in [0.3, 0.4) is 0 Å². The van der Waals surface area contributed by atoms with Crippen molar-refractivity contribution in [1.29, 1.82) is 0 Å². The van der Waals surface area contributed by atoms with E-state index in [9.17, 15) is 0 Å². The standard InChI is InChI=1S/C6H9ClN2OS/c1-2-10-5-4(3-7)9-6(8)11-5/h2-3H2,1H3,(H2,8,9). The Morgan fingerprint density at radius 2 is 2.45 bits per heavy atom. The Hall–Kier alpha value is -0.480. The summed E-state index contributed by atoms with van der Waals surface area (Å²) in [5.41, 5.74) is 6.19. The zero-order valence-corrected chi connectivity index (χ0v) is 7.71. The van der Waals surface area contributed by atoms with Crippen molar-refractivity contribution in [2.75, 3.05) is 12.3 Å². The number of nitrogens with two attached hydrogens (primary N) is 1. The van der Waals surface area contributed by atoms with Crippen molar-refractivity contribution in [3.05, 3.63) is 5.69 Å². The Bertz CT molecular complexity index is 238. The number of hydrogen-bond acceptors (Lipinski definition) is 4. The Balaban J connectivity index is 2.83. The fourth-order valence-corrected chi connectivity index (χ4v) is 1.70. The van der Waals surface area contributed by atoms with Crippen LogP contribution in [0.5, 0.6) is 5.06 Å². The minimum atomic E-state index is 0.350.